The Morgan fingerprint density at radius 2 is 1.06 bits per heavy atom. The van der Waals surface area contributed by atoms with Crippen LogP contribution in [-0.4, -0.2) is 0 Å². The van der Waals surface area contributed by atoms with E-state index in [0.29, 0.717) is 0 Å². The van der Waals surface area contributed by atoms with Crippen LogP contribution in [0.5, 0.6) is 0 Å². The predicted molar refractivity (Wildman–Crippen MR) is 82.0 cm³/mol. The third-order valence-corrected chi connectivity index (χ3v) is 2.71. The van der Waals surface area contributed by atoms with E-state index in [4.69, 9.17) is 0 Å². The van der Waals surface area contributed by atoms with E-state index in [0.717, 1.165) is 6.42 Å². The van der Waals surface area contributed by atoms with Gasteiger partial charge in [-0.05, 0) is 28.7 Å². The van der Waals surface area contributed by atoms with E-state index < -0.39 is 0 Å². The van der Waals surface area contributed by atoms with E-state index in [2.05, 4.69) is 62.4 Å². The first kappa shape index (κ1) is 14.5. The minimum atomic E-state index is 1.10. The molecule has 0 radical (unpaired) electrons. The second-order valence-corrected chi connectivity index (χ2v) is 4.20. The van der Waals surface area contributed by atoms with Gasteiger partial charge in [0.1, 0.15) is 0 Å². The molecule has 0 aromatic heterocycles. The van der Waals surface area contributed by atoms with Gasteiger partial charge in [0.15, 0.2) is 0 Å². The summed E-state index contributed by atoms with van der Waals surface area (Å²) < 4.78 is 0. The number of hydrogen-bond donors (Lipinski definition) is 0. The van der Waals surface area contributed by atoms with Gasteiger partial charge in [-0.15, -0.1) is 0 Å². The summed E-state index contributed by atoms with van der Waals surface area (Å²) in [7, 11) is 0. The Labute approximate surface area is 112 Å². The molecule has 0 aliphatic heterocycles. The van der Waals surface area contributed by atoms with Crippen LogP contribution in [0.4, 0.5) is 0 Å². The summed E-state index contributed by atoms with van der Waals surface area (Å²) in [6, 6.07) is 17.3. The van der Waals surface area contributed by atoms with E-state index in [1.54, 1.807) is 0 Å². The van der Waals surface area contributed by atoms with Crippen molar-refractivity contribution in [3.8, 4) is 11.1 Å². The van der Waals surface area contributed by atoms with Crippen LogP contribution in [0.3, 0.4) is 0 Å². The van der Waals surface area contributed by atoms with E-state index in [-0.39, 0.29) is 0 Å². The van der Waals surface area contributed by atoms with E-state index in [1.165, 1.54) is 28.7 Å². The van der Waals surface area contributed by atoms with Crippen molar-refractivity contribution in [2.45, 2.75) is 40.5 Å². The quantitative estimate of drug-likeness (QED) is 0.473. The molecule has 0 unspecified atom stereocenters. The third kappa shape index (κ3) is 3.22. The summed E-state index contributed by atoms with van der Waals surface area (Å²) in [5.74, 6) is 0. The first-order valence-corrected chi connectivity index (χ1v) is 7.03. The van der Waals surface area contributed by atoms with Gasteiger partial charge in [-0.3, -0.25) is 0 Å². The lowest BCUT2D eigenvalue weighted by Crippen LogP contribution is -1.77. The predicted octanol–water partition coefficient (Wildman–Crippen LogP) is 5.70. The molecule has 0 nitrogen and oxygen atoms in total. The van der Waals surface area contributed by atoms with Crippen molar-refractivity contribution >= 4 is 0 Å². The van der Waals surface area contributed by atoms with Crippen LogP contribution in [0.1, 0.15) is 45.2 Å². The second-order valence-electron chi connectivity index (χ2n) is 4.20. The lowest BCUT2D eigenvalue weighted by Gasteiger charge is -1.98. The first-order chi connectivity index (χ1) is 8.86. The summed E-state index contributed by atoms with van der Waals surface area (Å²) in [5.41, 5.74) is 5.75. The molecule has 0 heterocycles. The zero-order chi connectivity index (χ0) is 13.4. The molecule has 1 aliphatic carbocycles. The minimum Gasteiger partial charge on any atom is -0.0683 e. The van der Waals surface area contributed by atoms with Crippen LogP contribution in [0.15, 0.2) is 48.5 Å². The Morgan fingerprint density at radius 3 is 1.44 bits per heavy atom. The van der Waals surface area contributed by atoms with Crippen molar-refractivity contribution in [3.05, 3.63) is 59.7 Å². The smallest absolute Gasteiger partial charge is 0.00135 e. The van der Waals surface area contributed by atoms with Gasteiger partial charge in [-0.1, -0.05) is 82.6 Å². The van der Waals surface area contributed by atoms with Gasteiger partial charge in [0.25, 0.3) is 0 Å². The SMILES string of the molecule is CC.CCC.c1ccc2c(c1)Cc1ccccc1-2. The maximum absolute atomic E-state index is 2.22. The highest BCUT2D eigenvalue weighted by molar-refractivity contribution is 5.76. The van der Waals surface area contributed by atoms with Crippen molar-refractivity contribution < 1.29 is 0 Å². The molecule has 0 atom stereocenters. The maximum Gasteiger partial charge on any atom is -0.00135 e. The van der Waals surface area contributed by atoms with Gasteiger partial charge in [-0.25, -0.2) is 0 Å². The number of benzene rings is 2. The second kappa shape index (κ2) is 7.71. The minimum absolute atomic E-state index is 1.10. The highest BCUT2D eigenvalue weighted by atomic mass is 14.2. The van der Waals surface area contributed by atoms with Crippen LogP contribution < -0.4 is 0 Å². The summed E-state index contributed by atoms with van der Waals surface area (Å²) in [4.78, 5) is 0. The molecule has 1 aliphatic rings. The molecule has 2 aromatic rings. The fourth-order valence-electron chi connectivity index (χ4n) is 2.08. The summed E-state index contributed by atoms with van der Waals surface area (Å²) >= 11 is 0. The normalized spacial score (nSPS) is 10.2. The highest BCUT2D eigenvalue weighted by Crippen LogP contribution is 2.35. The first-order valence-electron chi connectivity index (χ1n) is 7.03. The standard InChI is InChI=1S/C13H10.C3H8.C2H6/c1-3-7-12-10(5-1)9-11-6-2-4-8-13(11)12;1-3-2;1-2/h1-8H,9H2;3H2,1-2H3;1-2H3. The van der Waals surface area contributed by atoms with Crippen LogP contribution in [0.2, 0.25) is 0 Å². The average Bonchev–Trinajstić information content (AvgIpc) is 2.80. The lowest BCUT2D eigenvalue weighted by molar-refractivity contribution is 1.09. The van der Waals surface area contributed by atoms with Crippen molar-refractivity contribution in [2.24, 2.45) is 0 Å². The van der Waals surface area contributed by atoms with Gasteiger partial charge < -0.3 is 0 Å². The fraction of sp³-hybridized carbons (Fsp3) is 0.333. The molecule has 96 valence electrons. The molecule has 3 rings (SSSR count). The Bertz CT molecular complexity index is 425. The van der Waals surface area contributed by atoms with Crippen LogP contribution in [-0.2, 0) is 6.42 Å². The van der Waals surface area contributed by atoms with Crippen LogP contribution >= 0.6 is 0 Å². The van der Waals surface area contributed by atoms with Gasteiger partial charge in [0, 0.05) is 0 Å². The van der Waals surface area contributed by atoms with Crippen molar-refractivity contribution in [1.29, 1.82) is 0 Å². The average molecular weight is 240 g/mol. The molecule has 0 bridgehead atoms. The molecule has 0 heteroatoms. The topological polar surface area (TPSA) is 0 Å². The largest absolute Gasteiger partial charge is 0.0683 e. The van der Waals surface area contributed by atoms with Crippen LogP contribution in [0.25, 0.3) is 11.1 Å². The molecule has 0 N–H and O–H groups in total. The van der Waals surface area contributed by atoms with E-state index in [9.17, 15) is 0 Å². The zero-order valence-corrected chi connectivity index (χ0v) is 12.0. The van der Waals surface area contributed by atoms with Crippen molar-refractivity contribution in [1.82, 2.24) is 0 Å². The fourth-order valence-corrected chi connectivity index (χ4v) is 2.08. The summed E-state index contributed by atoms with van der Waals surface area (Å²) in [5, 5.41) is 0. The molecule has 18 heavy (non-hydrogen) atoms. The number of fused-ring (bicyclic) bond motifs is 3. The Balaban J connectivity index is 0.000000288. The van der Waals surface area contributed by atoms with Gasteiger partial charge in [0.05, 0.1) is 0 Å². The molecule has 0 spiro atoms. The summed E-state index contributed by atoms with van der Waals surface area (Å²) in [6.07, 6.45) is 2.35. The van der Waals surface area contributed by atoms with E-state index in [1.807, 2.05) is 13.8 Å². The Hall–Kier alpha value is -1.56. The molecule has 2 aromatic carbocycles. The van der Waals surface area contributed by atoms with Gasteiger partial charge in [0.2, 0.25) is 0 Å². The number of hydrogen-bond acceptors (Lipinski definition) is 0. The van der Waals surface area contributed by atoms with Gasteiger partial charge >= 0.3 is 0 Å². The third-order valence-electron chi connectivity index (χ3n) is 2.71. The van der Waals surface area contributed by atoms with Gasteiger partial charge in [-0.2, -0.15) is 0 Å². The van der Waals surface area contributed by atoms with Crippen molar-refractivity contribution in [3.63, 3.8) is 0 Å². The lowest BCUT2D eigenvalue weighted by atomic mass is 10.1. The molecule has 0 saturated heterocycles. The molecular weight excluding hydrogens is 216 g/mol. The zero-order valence-electron chi connectivity index (χ0n) is 12.0. The molecule has 0 amide bonds. The molecular formula is C18H24. The Morgan fingerprint density at radius 1 is 0.722 bits per heavy atom. The summed E-state index contributed by atoms with van der Waals surface area (Å²) in [6.45, 7) is 8.25. The van der Waals surface area contributed by atoms with Crippen LogP contribution in [0, 0.1) is 0 Å². The number of rotatable bonds is 0. The van der Waals surface area contributed by atoms with Crippen molar-refractivity contribution in [2.75, 3.05) is 0 Å². The Kier molecular flexibility index (Phi) is 6.21. The maximum atomic E-state index is 2.22. The highest BCUT2D eigenvalue weighted by Gasteiger charge is 2.15. The monoisotopic (exact) mass is 240 g/mol. The van der Waals surface area contributed by atoms with E-state index >= 15 is 0 Å². The molecule has 0 saturated carbocycles. The molecule has 0 fully saturated rings.